The molecule has 3 aromatic rings. The molecule has 0 aliphatic carbocycles. The number of carbonyl (C=O) groups excluding carboxylic acids is 2. The van der Waals surface area contributed by atoms with Gasteiger partial charge in [-0.3, -0.25) is 9.59 Å². The monoisotopic (exact) mass is 339 g/mol. The van der Waals surface area contributed by atoms with Gasteiger partial charge in [0, 0.05) is 23.8 Å². The summed E-state index contributed by atoms with van der Waals surface area (Å²) in [7, 11) is 0. The number of benzene rings is 2. The fourth-order valence-electron chi connectivity index (χ4n) is 2.61. The molecule has 3 rings (SSSR count). The van der Waals surface area contributed by atoms with E-state index in [0.717, 1.165) is 11.0 Å². The molecule has 0 spiro atoms. The minimum Gasteiger partial charge on any atom is -0.459 e. The van der Waals surface area contributed by atoms with Crippen LogP contribution in [0.25, 0.3) is 11.0 Å². The lowest BCUT2D eigenvalue weighted by Gasteiger charge is -2.11. The van der Waals surface area contributed by atoms with Crippen molar-refractivity contribution in [1.29, 1.82) is 0 Å². The highest BCUT2D eigenvalue weighted by Crippen LogP contribution is 2.23. The van der Waals surface area contributed by atoms with Crippen LogP contribution in [-0.2, 0) is 4.79 Å². The Hall–Kier alpha value is -2.95. The maximum atomic E-state index is 12.9. The molecule has 1 amide bonds. The maximum absolute atomic E-state index is 12.9. The van der Waals surface area contributed by atoms with Gasteiger partial charge in [-0.1, -0.05) is 18.2 Å². The Morgan fingerprint density at radius 1 is 1.08 bits per heavy atom. The second kappa shape index (κ2) is 7.30. The van der Waals surface area contributed by atoms with Crippen molar-refractivity contribution in [3.8, 4) is 0 Å². The van der Waals surface area contributed by atoms with Gasteiger partial charge in [-0.2, -0.15) is 0 Å². The SMILES string of the molecule is CC(NC(=O)CCC(=O)c1ccc(F)cc1)c1cc2ccccc2o1. The van der Waals surface area contributed by atoms with Gasteiger partial charge in [-0.05, 0) is 43.3 Å². The zero-order valence-corrected chi connectivity index (χ0v) is 13.8. The normalized spacial score (nSPS) is 12.1. The number of hydrogen-bond acceptors (Lipinski definition) is 3. The summed E-state index contributed by atoms with van der Waals surface area (Å²) in [6.45, 7) is 1.83. The van der Waals surface area contributed by atoms with Gasteiger partial charge in [0.15, 0.2) is 5.78 Å². The third-order valence-corrected chi connectivity index (χ3v) is 3.99. The molecular formula is C20H18FNO3. The van der Waals surface area contributed by atoms with Gasteiger partial charge in [0.05, 0.1) is 6.04 Å². The highest BCUT2D eigenvalue weighted by molar-refractivity contribution is 5.97. The van der Waals surface area contributed by atoms with Crippen LogP contribution in [0.15, 0.2) is 59.0 Å². The number of amides is 1. The highest BCUT2D eigenvalue weighted by atomic mass is 19.1. The highest BCUT2D eigenvalue weighted by Gasteiger charge is 2.15. The molecule has 1 aromatic heterocycles. The van der Waals surface area contributed by atoms with E-state index in [4.69, 9.17) is 4.42 Å². The summed E-state index contributed by atoms with van der Waals surface area (Å²) < 4.78 is 18.6. The number of ketones is 1. The molecule has 1 N–H and O–H groups in total. The van der Waals surface area contributed by atoms with Gasteiger partial charge in [0.25, 0.3) is 0 Å². The molecular weight excluding hydrogens is 321 g/mol. The van der Waals surface area contributed by atoms with Crippen molar-refractivity contribution < 1.29 is 18.4 Å². The van der Waals surface area contributed by atoms with Gasteiger partial charge in [-0.25, -0.2) is 4.39 Å². The van der Waals surface area contributed by atoms with Gasteiger partial charge >= 0.3 is 0 Å². The van der Waals surface area contributed by atoms with Crippen LogP contribution >= 0.6 is 0 Å². The molecule has 1 unspecified atom stereocenters. The Morgan fingerprint density at radius 2 is 1.80 bits per heavy atom. The summed E-state index contributed by atoms with van der Waals surface area (Å²) in [4.78, 5) is 24.1. The number of Topliss-reactive ketones (excluding diaryl/α,β-unsaturated/α-hetero) is 1. The van der Waals surface area contributed by atoms with Crippen LogP contribution in [-0.4, -0.2) is 11.7 Å². The lowest BCUT2D eigenvalue weighted by Crippen LogP contribution is -2.26. The van der Waals surface area contributed by atoms with Crippen molar-refractivity contribution in [3.63, 3.8) is 0 Å². The molecule has 25 heavy (non-hydrogen) atoms. The van der Waals surface area contributed by atoms with E-state index in [9.17, 15) is 14.0 Å². The smallest absolute Gasteiger partial charge is 0.221 e. The van der Waals surface area contributed by atoms with Crippen LogP contribution in [0.1, 0.15) is 41.9 Å². The fraction of sp³-hybridized carbons (Fsp3) is 0.200. The number of halogens is 1. The second-order valence-electron chi connectivity index (χ2n) is 5.91. The van der Waals surface area contributed by atoms with Crippen molar-refractivity contribution in [2.45, 2.75) is 25.8 Å². The molecule has 5 heteroatoms. The van der Waals surface area contributed by atoms with Crippen molar-refractivity contribution in [2.75, 3.05) is 0 Å². The quantitative estimate of drug-likeness (QED) is 0.677. The van der Waals surface area contributed by atoms with E-state index in [2.05, 4.69) is 5.32 Å². The third-order valence-electron chi connectivity index (χ3n) is 3.99. The summed E-state index contributed by atoms with van der Waals surface area (Å²) in [5.74, 6) is -0.150. The first-order chi connectivity index (χ1) is 12.0. The molecule has 1 atom stereocenters. The molecule has 4 nitrogen and oxygen atoms in total. The molecule has 0 saturated heterocycles. The average Bonchev–Trinajstić information content (AvgIpc) is 3.04. The van der Waals surface area contributed by atoms with Crippen molar-refractivity contribution in [1.82, 2.24) is 5.32 Å². The number of para-hydroxylation sites is 1. The largest absolute Gasteiger partial charge is 0.459 e. The molecule has 0 aliphatic rings. The second-order valence-corrected chi connectivity index (χ2v) is 5.91. The van der Waals surface area contributed by atoms with Gasteiger partial charge in [0.1, 0.15) is 17.2 Å². The van der Waals surface area contributed by atoms with Crippen LogP contribution in [0.4, 0.5) is 4.39 Å². The Balaban J connectivity index is 1.54. The van der Waals surface area contributed by atoms with Gasteiger partial charge in [-0.15, -0.1) is 0 Å². The first kappa shape index (κ1) is 16.9. The fourth-order valence-corrected chi connectivity index (χ4v) is 2.61. The Kier molecular flexibility index (Phi) is 4.93. The van der Waals surface area contributed by atoms with E-state index in [1.165, 1.54) is 24.3 Å². The Morgan fingerprint density at radius 3 is 2.52 bits per heavy atom. The topological polar surface area (TPSA) is 59.3 Å². The van der Waals surface area contributed by atoms with Crippen molar-refractivity contribution in [2.24, 2.45) is 0 Å². The number of carbonyl (C=O) groups is 2. The predicted octanol–water partition coefficient (Wildman–Crippen LogP) is 4.41. The minimum absolute atomic E-state index is 0.0702. The van der Waals surface area contributed by atoms with Crippen LogP contribution < -0.4 is 5.32 Å². The van der Waals surface area contributed by atoms with E-state index < -0.39 is 5.82 Å². The molecule has 2 aromatic carbocycles. The van der Waals surface area contributed by atoms with Gasteiger partial charge in [0.2, 0.25) is 5.91 Å². The standard InChI is InChI=1S/C20H18FNO3/c1-13(19-12-15-4-2-3-5-18(15)25-19)22-20(24)11-10-17(23)14-6-8-16(21)9-7-14/h2-9,12-13H,10-11H2,1H3,(H,22,24). The average molecular weight is 339 g/mol. The lowest BCUT2D eigenvalue weighted by molar-refractivity contribution is -0.121. The zero-order chi connectivity index (χ0) is 17.8. The van der Waals surface area contributed by atoms with Crippen LogP contribution in [0.3, 0.4) is 0 Å². The summed E-state index contributed by atoms with van der Waals surface area (Å²) in [6.07, 6.45) is 0.144. The summed E-state index contributed by atoms with van der Waals surface area (Å²) in [6, 6.07) is 14.5. The summed E-state index contributed by atoms with van der Waals surface area (Å²) in [5, 5.41) is 3.81. The molecule has 0 saturated carbocycles. The number of furan rings is 1. The van der Waals surface area contributed by atoms with E-state index in [0.29, 0.717) is 11.3 Å². The van der Waals surface area contributed by atoms with Crippen molar-refractivity contribution >= 4 is 22.7 Å². The molecule has 1 heterocycles. The first-order valence-corrected chi connectivity index (χ1v) is 8.09. The number of nitrogens with one attached hydrogen (secondary N) is 1. The first-order valence-electron chi connectivity index (χ1n) is 8.09. The van der Waals surface area contributed by atoms with E-state index in [-0.39, 0.29) is 30.6 Å². The third kappa shape index (κ3) is 4.12. The number of hydrogen-bond donors (Lipinski definition) is 1. The lowest BCUT2D eigenvalue weighted by atomic mass is 10.1. The number of fused-ring (bicyclic) bond motifs is 1. The zero-order valence-electron chi connectivity index (χ0n) is 13.8. The summed E-state index contributed by atoms with van der Waals surface area (Å²) in [5.41, 5.74) is 1.17. The predicted molar refractivity (Wildman–Crippen MR) is 92.7 cm³/mol. The van der Waals surface area contributed by atoms with Gasteiger partial charge < -0.3 is 9.73 Å². The van der Waals surface area contributed by atoms with E-state index in [1.807, 2.05) is 37.3 Å². The van der Waals surface area contributed by atoms with E-state index >= 15 is 0 Å². The maximum Gasteiger partial charge on any atom is 0.221 e. The Bertz CT molecular complexity index is 866. The molecule has 128 valence electrons. The van der Waals surface area contributed by atoms with Crippen LogP contribution in [0, 0.1) is 5.82 Å². The van der Waals surface area contributed by atoms with Crippen molar-refractivity contribution in [3.05, 3.63) is 71.7 Å². The molecule has 0 fully saturated rings. The van der Waals surface area contributed by atoms with Crippen LogP contribution in [0.2, 0.25) is 0 Å². The minimum atomic E-state index is -0.394. The summed E-state index contributed by atoms with van der Waals surface area (Å²) >= 11 is 0. The van der Waals surface area contributed by atoms with E-state index in [1.54, 1.807) is 0 Å². The van der Waals surface area contributed by atoms with Crippen LogP contribution in [0.5, 0.6) is 0 Å². The molecule has 0 radical (unpaired) electrons. The molecule has 0 aliphatic heterocycles. The Labute approximate surface area is 144 Å². The molecule has 0 bridgehead atoms. The number of rotatable bonds is 6.